The maximum absolute atomic E-state index is 11.7. The van der Waals surface area contributed by atoms with Gasteiger partial charge in [-0.1, -0.05) is 36.8 Å². The molecule has 1 saturated heterocycles. The summed E-state index contributed by atoms with van der Waals surface area (Å²) < 4.78 is 23.3. The molecule has 1 N–H and O–H groups in total. The molecule has 4 heteroatoms. The molecule has 2 rings (SSSR count). The SMILES string of the molecule is CCS(=O)(=O)CCC1(c2ccc(C)cc2)CNC1. The molecule has 1 heterocycles. The lowest BCUT2D eigenvalue weighted by Crippen LogP contribution is -2.57. The van der Waals surface area contributed by atoms with E-state index in [4.69, 9.17) is 0 Å². The minimum Gasteiger partial charge on any atom is -0.315 e. The van der Waals surface area contributed by atoms with Crippen molar-refractivity contribution < 1.29 is 8.42 Å². The molecule has 0 amide bonds. The van der Waals surface area contributed by atoms with Gasteiger partial charge in [0.05, 0.1) is 5.75 Å². The van der Waals surface area contributed by atoms with E-state index in [2.05, 4.69) is 36.5 Å². The Hall–Kier alpha value is -0.870. The van der Waals surface area contributed by atoms with E-state index in [0.29, 0.717) is 5.75 Å². The van der Waals surface area contributed by atoms with Crippen molar-refractivity contribution >= 4 is 9.84 Å². The molecule has 0 unspecified atom stereocenters. The number of nitrogens with one attached hydrogen (secondary N) is 1. The Labute approximate surface area is 110 Å². The largest absolute Gasteiger partial charge is 0.315 e. The number of hydrogen-bond acceptors (Lipinski definition) is 3. The third-order valence-electron chi connectivity index (χ3n) is 3.92. The third kappa shape index (κ3) is 2.75. The Kier molecular flexibility index (Phi) is 3.78. The first-order valence-electron chi connectivity index (χ1n) is 6.46. The van der Waals surface area contributed by atoms with Gasteiger partial charge in [-0.25, -0.2) is 8.42 Å². The first kappa shape index (κ1) is 13.6. The zero-order chi connectivity index (χ0) is 13.2. The topological polar surface area (TPSA) is 46.2 Å². The lowest BCUT2D eigenvalue weighted by molar-refractivity contribution is 0.268. The molecular formula is C14H21NO2S. The van der Waals surface area contributed by atoms with E-state index in [1.54, 1.807) is 6.92 Å². The molecule has 1 aliphatic heterocycles. The van der Waals surface area contributed by atoms with Crippen LogP contribution >= 0.6 is 0 Å². The highest BCUT2D eigenvalue weighted by Gasteiger charge is 2.39. The van der Waals surface area contributed by atoms with E-state index < -0.39 is 9.84 Å². The molecule has 0 spiro atoms. The van der Waals surface area contributed by atoms with E-state index in [0.717, 1.165) is 19.5 Å². The fourth-order valence-corrected chi connectivity index (χ4v) is 3.34. The van der Waals surface area contributed by atoms with Crippen LogP contribution in [0.3, 0.4) is 0 Å². The minimum absolute atomic E-state index is 0.0237. The van der Waals surface area contributed by atoms with Gasteiger partial charge in [0, 0.05) is 24.3 Å². The Morgan fingerprint density at radius 2 is 1.83 bits per heavy atom. The molecule has 0 saturated carbocycles. The summed E-state index contributed by atoms with van der Waals surface area (Å²) in [5, 5.41) is 3.27. The maximum Gasteiger partial charge on any atom is 0.150 e. The van der Waals surface area contributed by atoms with Crippen LogP contribution in [-0.2, 0) is 15.3 Å². The summed E-state index contributed by atoms with van der Waals surface area (Å²) in [6.07, 6.45) is 0.721. The van der Waals surface area contributed by atoms with Gasteiger partial charge in [0.2, 0.25) is 0 Å². The van der Waals surface area contributed by atoms with Gasteiger partial charge in [-0.3, -0.25) is 0 Å². The van der Waals surface area contributed by atoms with Gasteiger partial charge in [-0.15, -0.1) is 0 Å². The van der Waals surface area contributed by atoms with E-state index in [1.165, 1.54) is 11.1 Å². The minimum atomic E-state index is -2.87. The van der Waals surface area contributed by atoms with Gasteiger partial charge in [-0.2, -0.15) is 0 Å². The number of sulfone groups is 1. The fourth-order valence-electron chi connectivity index (χ4n) is 2.35. The predicted octanol–water partition coefficient (Wildman–Crippen LogP) is 1.66. The zero-order valence-electron chi connectivity index (χ0n) is 11.1. The van der Waals surface area contributed by atoms with E-state index in [-0.39, 0.29) is 11.2 Å². The first-order chi connectivity index (χ1) is 8.47. The van der Waals surface area contributed by atoms with Crippen LogP contribution < -0.4 is 5.32 Å². The number of benzene rings is 1. The van der Waals surface area contributed by atoms with Crippen LogP contribution in [0.5, 0.6) is 0 Å². The van der Waals surface area contributed by atoms with Gasteiger partial charge in [0.25, 0.3) is 0 Å². The van der Waals surface area contributed by atoms with Crippen molar-refractivity contribution in [3.63, 3.8) is 0 Å². The highest BCUT2D eigenvalue weighted by Crippen LogP contribution is 2.32. The highest BCUT2D eigenvalue weighted by molar-refractivity contribution is 7.91. The molecule has 1 aromatic rings. The molecule has 100 valence electrons. The lowest BCUT2D eigenvalue weighted by atomic mass is 9.73. The van der Waals surface area contributed by atoms with Crippen molar-refractivity contribution in [3.8, 4) is 0 Å². The van der Waals surface area contributed by atoms with Gasteiger partial charge in [-0.05, 0) is 18.9 Å². The summed E-state index contributed by atoms with van der Waals surface area (Å²) in [4.78, 5) is 0. The van der Waals surface area contributed by atoms with Crippen molar-refractivity contribution in [2.24, 2.45) is 0 Å². The monoisotopic (exact) mass is 267 g/mol. The van der Waals surface area contributed by atoms with Crippen LogP contribution in [0, 0.1) is 6.92 Å². The van der Waals surface area contributed by atoms with Crippen molar-refractivity contribution in [1.82, 2.24) is 5.32 Å². The van der Waals surface area contributed by atoms with Crippen LogP contribution in [0.1, 0.15) is 24.5 Å². The standard InChI is InChI=1S/C14H21NO2S/c1-3-18(16,17)9-8-14(10-15-11-14)13-6-4-12(2)5-7-13/h4-7,15H,3,8-11H2,1-2H3. The Balaban J connectivity index is 2.14. The molecule has 0 aromatic heterocycles. The Bertz CT molecular complexity index is 501. The molecule has 0 aliphatic carbocycles. The van der Waals surface area contributed by atoms with Crippen LogP contribution in [0.4, 0.5) is 0 Å². The molecule has 0 atom stereocenters. The van der Waals surface area contributed by atoms with Gasteiger partial charge >= 0.3 is 0 Å². The average Bonchev–Trinajstić information content (AvgIpc) is 2.30. The fraction of sp³-hybridized carbons (Fsp3) is 0.571. The third-order valence-corrected chi connectivity index (χ3v) is 5.63. The van der Waals surface area contributed by atoms with Crippen LogP contribution in [-0.4, -0.2) is 33.0 Å². The van der Waals surface area contributed by atoms with Crippen LogP contribution in [0.15, 0.2) is 24.3 Å². The Morgan fingerprint density at radius 3 is 2.28 bits per heavy atom. The quantitative estimate of drug-likeness (QED) is 0.882. The first-order valence-corrected chi connectivity index (χ1v) is 8.28. The molecule has 1 fully saturated rings. The summed E-state index contributed by atoms with van der Waals surface area (Å²) in [6.45, 7) is 5.55. The molecule has 0 radical (unpaired) electrons. The average molecular weight is 267 g/mol. The van der Waals surface area contributed by atoms with Gasteiger partial charge in [0.1, 0.15) is 9.84 Å². The normalized spacial score (nSPS) is 18.3. The second-order valence-electron chi connectivity index (χ2n) is 5.24. The van der Waals surface area contributed by atoms with Crippen molar-refractivity contribution in [2.45, 2.75) is 25.7 Å². The number of hydrogen-bond donors (Lipinski definition) is 1. The second kappa shape index (κ2) is 5.02. The maximum atomic E-state index is 11.7. The van der Waals surface area contributed by atoms with Crippen molar-refractivity contribution in [2.75, 3.05) is 24.6 Å². The summed E-state index contributed by atoms with van der Waals surface area (Å²) in [7, 11) is -2.87. The van der Waals surface area contributed by atoms with E-state index in [9.17, 15) is 8.42 Å². The number of rotatable bonds is 5. The molecule has 3 nitrogen and oxygen atoms in total. The van der Waals surface area contributed by atoms with Crippen LogP contribution in [0.2, 0.25) is 0 Å². The van der Waals surface area contributed by atoms with Gasteiger partial charge < -0.3 is 5.32 Å². The summed E-state index contributed by atoms with van der Waals surface area (Å²) in [6, 6.07) is 8.47. The molecular weight excluding hydrogens is 246 g/mol. The molecule has 1 aliphatic rings. The smallest absolute Gasteiger partial charge is 0.150 e. The highest BCUT2D eigenvalue weighted by atomic mass is 32.2. The molecule has 18 heavy (non-hydrogen) atoms. The van der Waals surface area contributed by atoms with E-state index >= 15 is 0 Å². The zero-order valence-corrected chi connectivity index (χ0v) is 11.9. The summed E-state index contributed by atoms with van der Waals surface area (Å²) in [5.74, 6) is 0.531. The second-order valence-corrected chi connectivity index (χ2v) is 7.71. The predicted molar refractivity (Wildman–Crippen MR) is 74.7 cm³/mol. The molecule has 0 bridgehead atoms. The van der Waals surface area contributed by atoms with Crippen LogP contribution in [0.25, 0.3) is 0 Å². The van der Waals surface area contributed by atoms with E-state index in [1.807, 2.05) is 0 Å². The van der Waals surface area contributed by atoms with Gasteiger partial charge in [0.15, 0.2) is 0 Å². The summed E-state index contributed by atoms with van der Waals surface area (Å²) in [5.41, 5.74) is 2.52. The molecule has 1 aromatic carbocycles. The van der Waals surface area contributed by atoms with Crippen molar-refractivity contribution in [3.05, 3.63) is 35.4 Å². The van der Waals surface area contributed by atoms with Crippen molar-refractivity contribution in [1.29, 1.82) is 0 Å². The Morgan fingerprint density at radius 1 is 1.22 bits per heavy atom. The summed E-state index contributed by atoms with van der Waals surface area (Å²) >= 11 is 0. The lowest BCUT2D eigenvalue weighted by Gasteiger charge is -2.43. The number of aryl methyl sites for hydroxylation is 1.